The molecule has 0 bridgehead atoms. The first-order valence-electron chi connectivity index (χ1n) is 7.66. The molecule has 0 fully saturated rings. The lowest BCUT2D eigenvalue weighted by molar-refractivity contribution is -0.123. The molecule has 0 aliphatic rings. The van der Waals surface area contributed by atoms with Crippen LogP contribution in [-0.2, 0) is 4.79 Å². The van der Waals surface area contributed by atoms with E-state index in [-0.39, 0.29) is 18.4 Å². The fraction of sp³-hybridized carbons (Fsp3) is 0.263. The Morgan fingerprint density at radius 1 is 1.21 bits per heavy atom. The van der Waals surface area contributed by atoms with Crippen molar-refractivity contribution in [3.8, 4) is 17.6 Å². The molecule has 0 saturated carbocycles. The minimum atomic E-state index is -0.204. The quantitative estimate of drug-likeness (QED) is 0.850. The molecule has 0 saturated heterocycles. The summed E-state index contributed by atoms with van der Waals surface area (Å²) in [5.41, 5.74) is 1.65. The van der Waals surface area contributed by atoms with Gasteiger partial charge in [-0.25, -0.2) is 0 Å². The first kappa shape index (κ1) is 17.4. The predicted molar refractivity (Wildman–Crippen MR) is 91.1 cm³/mol. The van der Waals surface area contributed by atoms with Crippen LogP contribution in [0.4, 0.5) is 0 Å². The van der Waals surface area contributed by atoms with Crippen molar-refractivity contribution < 1.29 is 14.3 Å². The van der Waals surface area contributed by atoms with Crippen molar-refractivity contribution in [2.45, 2.75) is 12.8 Å². The second-order valence-corrected chi connectivity index (χ2v) is 5.38. The van der Waals surface area contributed by atoms with Crippen molar-refractivity contribution in [3.05, 3.63) is 59.7 Å². The van der Waals surface area contributed by atoms with Crippen LogP contribution in [0.2, 0.25) is 0 Å². The number of methoxy groups -OCH3 is 1. The molecule has 0 spiro atoms. The fourth-order valence-corrected chi connectivity index (χ4v) is 2.22. The van der Waals surface area contributed by atoms with Crippen LogP contribution in [-0.4, -0.2) is 26.2 Å². The number of carbonyl (C=O) groups is 1. The van der Waals surface area contributed by atoms with E-state index in [0.717, 1.165) is 0 Å². The lowest BCUT2D eigenvalue weighted by atomic mass is 10.0. The number of nitrogens with zero attached hydrogens (tertiary/aromatic N) is 1. The maximum atomic E-state index is 11.9. The number of ether oxygens (including phenoxy) is 2. The molecule has 0 aromatic heterocycles. The maximum absolute atomic E-state index is 11.9. The Morgan fingerprint density at radius 3 is 2.62 bits per heavy atom. The molecule has 1 N–H and O–H groups in total. The Hall–Kier alpha value is -3.00. The van der Waals surface area contributed by atoms with Crippen molar-refractivity contribution in [2.75, 3.05) is 20.3 Å². The lowest BCUT2D eigenvalue weighted by Gasteiger charge is -2.14. The second-order valence-electron chi connectivity index (χ2n) is 5.38. The van der Waals surface area contributed by atoms with Gasteiger partial charge < -0.3 is 14.8 Å². The third kappa shape index (κ3) is 4.75. The van der Waals surface area contributed by atoms with Crippen LogP contribution in [0.3, 0.4) is 0 Å². The summed E-state index contributed by atoms with van der Waals surface area (Å²) in [6.45, 7) is 2.49. The van der Waals surface area contributed by atoms with Gasteiger partial charge in [-0.15, -0.1) is 0 Å². The average Bonchev–Trinajstić information content (AvgIpc) is 2.64. The van der Waals surface area contributed by atoms with Gasteiger partial charge in [0.25, 0.3) is 5.91 Å². The molecule has 0 aliphatic heterocycles. The summed E-state index contributed by atoms with van der Waals surface area (Å²) in [5, 5.41) is 11.7. The molecule has 0 aliphatic carbocycles. The summed E-state index contributed by atoms with van der Waals surface area (Å²) in [5.74, 6) is 0.881. The van der Waals surface area contributed by atoms with E-state index in [9.17, 15) is 4.79 Å². The van der Waals surface area contributed by atoms with Crippen LogP contribution in [0.1, 0.15) is 24.0 Å². The van der Waals surface area contributed by atoms with E-state index in [1.807, 2.05) is 36.4 Å². The number of hydrogen-bond donors (Lipinski definition) is 1. The standard InChI is InChI=1S/C19H20N2O3/c1-14(16-6-4-3-5-7-16)12-21-19(22)13-24-17-9-8-15(11-20)10-18(17)23-2/h3-10,14H,12-13H2,1-2H3,(H,21,22). The van der Waals surface area contributed by atoms with E-state index in [1.165, 1.54) is 12.7 Å². The first-order chi connectivity index (χ1) is 11.6. The summed E-state index contributed by atoms with van der Waals surface area (Å²) in [7, 11) is 1.49. The lowest BCUT2D eigenvalue weighted by Crippen LogP contribution is -2.31. The molecule has 2 aromatic carbocycles. The topological polar surface area (TPSA) is 71.3 Å². The highest BCUT2D eigenvalue weighted by atomic mass is 16.5. The monoisotopic (exact) mass is 324 g/mol. The van der Waals surface area contributed by atoms with Crippen molar-refractivity contribution in [1.29, 1.82) is 5.26 Å². The highest BCUT2D eigenvalue weighted by Gasteiger charge is 2.10. The van der Waals surface area contributed by atoms with E-state index in [4.69, 9.17) is 14.7 Å². The zero-order valence-electron chi connectivity index (χ0n) is 13.8. The van der Waals surface area contributed by atoms with Gasteiger partial charge in [-0.3, -0.25) is 4.79 Å². The Bertz CT molecular complexity index is 723. The Kier molecular flexibility index (Phi) is 6.21. The molecule has 1 amide bonds. The second kappa shape index (κ2) is 8.59. The molecule has 124 valence electrons. The van der Waals surface area contributed by atoms with Gasteiger partial charge in [0.1, 0.15) is 0 Å². The SMILES string of the molecule is COc1cc(C#N)ccc1OCC(=O)NCC(C)c1ccccc1. The summed E-state index contributed by atoms with van der Waals surface area (Å²) in [4.78, 5) is 11.9. The summed E-state index contributed by atoms with van der Waals surface area (Å²) < 4.78 is 10.6. The smallest absolute Gasteiger partial charge is 0.257 e. The molecule has 2 rings (SSSR count). The number of nitrogens with one attached hydrogen (secondary N) is 1. The largest absolute Gasteiger partial charge is 0.493 e. The van der Waals surface area contributed by atoms with E-state index >= 15 is 0 Å². The molecule has 5 heteroatoms. The summed E-state index contributed by atoms with van der Waals surface area (Å²) >= 11 is 0. The van der Waals surface area contributed by atoms with Gasteiger partial charge >= 0.3 is 0 Å². The Labute approximate surface area is 141 Å². The minimum Gasteiger partial charge on any atom is -0.493 e. The number of hydrogen-bond acceptors (Lipinski definition) is 4. The minimum absolute atomic E-state index is 0.107. The number of benzene rings is 2. The molecule has 0 heterocycles. The van der Waals surface area contributed by atoms with Crippen LogP contribution >= 0.6 is 0 Å². The van der Waals surface area contributed by atoms with Crippen LogP contribution in [0.25, 0.3) is 0 Å². The van der Waals surface area contributed by atoms with Crippen LogP contribution < -0.4 is 14.8 Å². The van der Waals surface area contributed by atoms with Crippen LogP contribution in [0.15, 0.2) is 48.5 Å². The number of rotatable bonds is 7. The maximum Gasteiger partial charge on any atom is 0.257 e. The Balaban J connectivity index is 1.84. The third-order valence-corrected chi connectivity index (χ3v) is 3.63. The van der Waals surface area contributed by atoms with Gasteiger partial charge in [0.05, 0.1) is 18.7 Å². The Morgan fingerprint density at radius 2 is 1.96 bits per heavy atom. The zero-order chi connectivity index (χ0) is 17.4. The fourth-order valence-electron chi connectivity index (χ4n) is 2.22. The van der Waals surface area contributed by atoms with Crippen molar-refractivity contribution in [2.24, 2.45) is 0 Å². The predicted octanol–water partition coefficient (Wildman–Crippen LogP) is 2.87. The zero-order valence-corrected chi connectivity index (χ0v) is 13.8. The van der Waals surface area contributed by atoms with E-state index in [1.54, 1.807) is 18.2 Å². The van der Waals surface area contributed by atoms with Crippen LogP contribution in [0.5, 0.6) is 11.5 Å². The van der Waals surface area contributed by atoms with Gasteiger partial charge in [0.15, 0.2) is 18.1 Å². The first-order valence-corrected chi connectivity index (χ1v) is 7.66. The molecular weight excluding hydrogens is 304 g/mol. The molecule has 5 nitrogen and oxygen atoms in total. The highest BCUT2D eigenvalue weighted by molar-refractivity contribution is 5.77. The van der Waals surface area contributed by atoms with E-state index < -0.39 is 0 Å². The molecule has 24 heavy (non-hydrogen) atoms. The number of carbonyl (C=O) groups excluding carboxylic acids is 1. The molecule has 2 aromatic rings. The van der Waals surface area contributed by atoms with Crippen molar-refractivity contribution in [1.82, 2.24) is 5.32 Å². The van der Waals surface area contributed by atoms with Crippen molar-refractivity contribution in [3.63, 3.8) is 0 Å². The van der Waals surface area contributed by atoms with Gasteiger partial charge in [-0.1, -0.05) is 37.3 Å². The van der Waals surface area contributed by atoms with Gasteiger partial charge in [-0.2, -0.15) is 5.26 Å². The number of nitriles is 1. The van der Waals surface area contributed by atoms with E-state index in [2.05, 4.69) is 12.2 Å². The average molecular weight is 324 g/mol. The van der Waals surface area contributed by atoms with Crippen molar-refractivity contribution >= 4 is 5.91 Å². The summed E-state index contributed by atoms with van der Waals surface area (Å²) in [6, 6.07) is 16.8. The van der Waals surface area contributed by atoms with Gasteiger partial charge in [0, 0.05) is 12.6 Å². The van der Waals surface area contributed by atoms with Crippen LogP contribution in [0, 0.1) is 11.3 Å². The third-order valence-electron chi connectivity index (χ3n) is 3.63. The normalized spacial score (nSPS) is 11.2. The van der Waals surface area contributed by atoms with Gasteiger partial charge in [-0.05, 0) is 23.6 Å². The molecule has 1 atom stereocenters. The van der Waals surface area contributed by atoms with E-state index in [0.29, 0.717) is 23.6 Å². The molecule has 0 radical (unpaired) electrons. The van der Waals surface area contributed by atoms with Gasteiger partial charge in [0.2, 0.25) is 0 Å². The number of amides is 1. The molecular formula is C19H20N2O3. The summed E-state index contributed by atoms with van der Waals surface area (Å²) in [6.07, 6.45) is 0. The highest BCUT2D eigenvalue weighted by Crippen LogP contribution is 2.27. The molecule has 1 unspecified atom stereocenters.